The van der Waals surface area contributed by atoms with E-state index < -0.39 is 11.9 Å². The van der Waals surface area contributed by atoms with Crippen molar-refractivity contribution in [2.75, 3.05) is 0 Å². The molecule has 0 unspecified atom stereocenters. The third-order valence-corrected chi connectivity index (χ3v) is 4.57. The van der Waals surface area contributed by atoms with E-state index in [1.54, 1.807) is 12.1 Å². The van der Waals surface area contributed by atoms with Gasteiger partial charge in [-0.25, -0.2) is 9.59 Å². The summed E-state index contributed by atoms with van der Waals surface area (Å²) in [6, 6.07) is 4.71. The van der Waals surface area contributed by atoms with E-state index in [0.29, 0.717) is 12.0 Å². The summed E-state index contributed by atoms with van der Waals surface area (Å²) in [4.78, 5) is 22.6. The van der Waals surface area contributed by atoms with Gasteiger partial charge in [0.05, 0.1) is 11.1 Å². The molecule has 0 bridgehead atoms. The van der Waals surface area contributed by atoms with Crippen LogP contribution >= 0.6 is 0 Å². The van der Waals surface area contributed by atoms with Crippen LogP contribution in [0.2, 0.25) is 0 Å². The van der Waals surface area contributed by atoms with Gasteiger partial charge in [-0.2, -0.15) is 0 Å². The molecule has 1 aromatic rings. The average Bonchev–Trinajstić information content (AvgIpc) is 2.55. The Hall–Kier alpha value is -1.84. The highest BCUT2D eigenvalue weighted by Gasteiger charge is 2.19. The lowest BCUT2D eigenvalue weighted by atomic mass is 9.96. The minimum absolute atomic E-state index is 0.0554. The summed E-state index contributed by atoms with van der Waals surface area (Å²) < 4.78 is 0. The number of unbranched alkanes of at least 4 members (excludes halogenated alkanes) is 7. The highest BCUT2D eigenvalue weighted by atomic mass is 16.4. The lowest BCUT2D eigenvalue weighted by molar-refractivity contribution is 0.0650. The highest BCUT2D eigenvalue weighted by Crippen LogP contribution is 2.19. The molecule has 0 radical (unpaired) electrons. The predicted octanol–water partition coefficient (Wildman–Crippen LogP) is 5.79. The number of carboxylic acids is 2. The molecule has 0 heterocycles. The smallest absolute Gasteiger partial charge is 0.336 e. The molecule has 2 N–H and O–H groups in total. The highest BCUT2D eigenvalue weighted by molar-refractivity contribution is 6.02. The van der Waals surface area contributed by atoms with E-state index in [4.69, 9.17) is 5.11 Å². The van der Waals surface area contributed by atoms with E-state index in [1.807, 2.05) is 0 Å². The van der Waals surface area contributed by atoms with Gasteiger partial charge in [0.2, 0.25) is 0 Å². The summed E-state index contributed by atoms with van der Waals surface area (Å²) in [5.74, 6) is -1.54. The van der Waals surface area contributed by atoms with E-state index in [0.717, 1.165) is 25.2 Å². The second kappa shape index (κ2) is 11.7. The van der Waals surface area contributed by atoms with Crippen molar-refractivity contribution in [3.63, 3.8) is 0 Å². The second-order valence-electron chi connectivity index (χ2n) is 7.21. The summed E-state index contributed by atoms with van der Waals surface area (Å²) in [5.41, 5.74) is 0.452. The first-order chi connectivity index (χ1) is 11.9. The van der Waals surface area contributed by atoms with Crippen LogP contribution < -0.4 is 0 Å². The monoisotopic (exact) mass is 348 g/mol. The Labute approximate surface area is 151 Å². The third-order valence-electron chi connectivity index (χ3n) is 4.57. The van der Waals surface area contributed by atoms with Crippen LogP contribution in [0.25, 0.3) is 0 Å². The minimum atomic E-state index is -1.18. The minimum Gasteiger partial charge on any atom is -0.478 e. The van der Waals surface area contributed by atoms with Gasteiger partial charge in [-0.1, -0.05) is 77.3 Å². The van der Waals surface area contributed by atoms with Crippen LogP contribution in [0.5, 0.6) is 0 Å². The molecular weight excluding hydrogens is 316 g/mol. The Balaban J connectivity index is 2.27. The SMILES string of the molecule is CC(C)CCCCCCCCCCc1cccc(C(=O)O)c1C(=O)O. The maximum Gasteiger partial charge on any atom is 0.336 e. The number of benzene rings is 1. The molecule has 0 saturated carbocycles. The number of rotatable bonds is 13. The molecule has 0 aliphatic heterocycles. The Kier molecular flexibility index (Phi) is 9.90. The van der Waals surface area contributed by atoms with Gasteiger partial charge < -0.3 is 10.2 Å². The van der Waals surface area contributed by atoms with Gasteiger partial charge in [0.15, 0.2) is 0 Å². The number of carboxylic acid groups (broad SMARTS) is 2. The molecular formula is C21H32O4. The van der Waals surface area contributed by atoms with E-state index in [-0.39, 0.29) is 11.1 Å². The molecule has 0 spiro atoms. The van der Waals surface area contributed by atoms with Gasteiger partial charge in [0, 0.05) is 0 Å². The molecule has 0 atom stereocenters. The van der Waals surface area contributed by atoms with Crippen LogP contribution in [-0.4, -0.2) is 22.2 Å². The summed E-state index contributed by atoms with van der Waals surface area (Å²) in [7, 11) is 0. The van der Waals surface area contributed by atoms with Crippen molar-refractivity contribution in [3.05, 3.63) is 34.9 Å². The number of hydrogen-bond acceptors (Lipinski definition) is 2. The topological polar surface area (TPSA) is 74.6 Å². The van der Waals surface area contributed by atoms with Crippen LogP contribution in [-0.2, 0) is 6.42 Å². The predicted molar refractivity (Wildman–Crippen MR) is 100 cm³/mol. The zero-order valence-electron chi connectivity index (χ0n) is 15.6. The lowest BCUT2D eigenvalue weighted by Gasteiger charge is -2.09. The van der Waals surface area contributed by atoms with Crippen LogP contribution in [0.3, 0.4) is 0 Å². The fourth-order valence-corrected chi connectivity index (χ4v) is 3.17. The Bertz CT molecular complexity index is 549. The lowest BCUT2D eigenvalue weighted by Crippen LogP contribution is -2.11. The average molecular weight is 348 g/mol. The Morgan fingerprint density at radius 1 is 0.840 bits per heavy atom. The first-order valence-electron chi connectivity index (χ1n) is 9.52. The van der Waals surface area contributed by atoms with Gasteiger partial charge >= 0.3 is 11.9 Å². The van der Waals surface area contributed by atoms with Crippen molar-refractivity contribution < 1.29 is 19.8 Å². The van der Waals surface area contributed by atoms with Gasteiger partial charge in [-0.05, 0) is 30.4 Å². The van der Waals surface area contributed by atoms with Gasteiger partial charge in [0.1, 0.15) is 0 Å². The van der Waals surface area contributed by atoms with Crippen LogP contribution in [0.4, 0.5) is 0 Å². The fourth-order valence-electron chi connectivity index (χ4n) is 3.17. The van der Waals surface area contributed by atoms with Crippen molar-refractivity contribution in [3.8, 4) is 0 Å². The summed E-state index contributed by atoms with van der Waals surface area (Å²) in [5, 5.41) is 18.4. The second-order valence-corrected chi connectivity index (χ2v) is 7.21. The number of aromatic carboxylic acids is 2. The molecule has 0 amide bonds. The molecule has 0 fully saturated rings. The van der Waals surface area contributed by atoms with Crippen molar-refractivity contribution >= 4 is 11.9 Å². The number of carbonyl (C=O) groups is 2. The molecule has 4 heteroatoms. The largest absolute Gasteiger partial charge is 0.478 e. The molecule has 1 rings (SSSR count). The van der Waals surface area contributed by atoms with E-state index in [1.165, 1.54) is 44.6 Å². The molecule has 0 aromatic heterocycles. The summed E-state index contributed by atoms with van der Waals surface area (Å²) in [6.07, 6.45) is 11.5. The molecule has 0 aliphatic rings. The molecule has 0 saturated heterocycles. The van der Waals surface area contributed by atoms with Crippen molar-refractivity contribution in [1.29, 1.82) is 0 Å². The number of aryl methyl sites for hydroxylation is 1. The zero-order chi connectivity index (χ0) is 18.7. The first kappa shape index (κ1) is 21.2. The standard InChI is InChI=1S/C21H32O4/c1-16(2)12-9-7-5-3-4-6-8-10-13-17-14-11-15-18(20(22)23)19(17)21(24)25/h11,14-16H,3-10,12-13H2,1-2H3,(H,22,23)(H,24,25). The Morgan fingerprint density at radius 3 is 1.92 bits per heavy atom. The fraction of sp³-hybridized carbons (Fsp3) is 0.619. The maximum absolute atomic E-state index is 11.4. The number of hydrogen-bond donors (Lipinski definition) is 2. The normalized spacial score (nSPS) is 11.0. The quantitative estimate of drug-likeness (QED) is 0.442. The maximum atomic E-state index is 11.4. The zero-order valence-corrected chi connectivity index (χ0v) is 15.6. The van der Waals surface area contributed by atoms with E-state index in [9.17, 15) is 14.7 Å². The van der Waals surface area contributed by atoms with Gasteiger partial charge in [-0.3, -0.25) is 0 Å². The van der Waals surface area contributed by atoms with Crippen molar-refractivity contribution in [2.45, 2.75) is 78.1 Å². The van der Waals surface area contributed by atoms with Crippen molar-refractivity contribution in [1.82, 2.24) is 0 Å². The summed E-state index contributed by atoms with van der Waals surface area (Å²) >= 11 is 0. The van der Waals surface area contributed by atoms with Crippen LogP contribution in [0, 0.1) is 5.92 Å². The molecule has 25 heavy (non-hydrogen) atoms. The molecule has 1 aromatic carbocycles. The first-order valence-corrected chi connectivity index (χ1v) is 9.52. The van der Waals surface area contributed by atoms with Crippen LogP contribution in [0.15, 0.2) is 18.2 Å². The van der Waals surface area contributed by atoms with Crippen LogP contribution in [0.1, 0.15) is 97.9 Å². The third kappa shape index (κ3) is 8.19. The van der Waals surface area contributed by atoms with Gasteiger partial charge in [0.25, 0.3) is 0 Å². The van der Waals surface area contributed by atoms with E-state index >= 15 is 0 Å². The van der Waals surface area contributed by atoms with Crippen molar-refractivity contribution in [2.24, 2.45) is 5.92 Å². The van der Waals surface area contributed by atoms with Gasteiger partial charge in [-0.15, -0.1) is 0 Å². The Morgan fingerprint density at radius 2 is 1.40 bits per heavy atom. The molecule has 140 valence electrons. The van der Waals surface area contributed by atoms with E-state index in [2.05, 4.69) is 13.8 Å². The summed E-state index contributed by atoms with van der Waals surface area (Å²) in [6.45, 7) is 4.53. The molecule has 0 aliphatic carbocycles. The molecule has 4 nitrogen and oxygen atoms in total.